The molecule has 0 amide bonds. The van der Waals surface area contributed by atoms with E-state index in [2.05, 4.69) is 0 Å². The number of alkyl halides is 3. The van der Waals surface area contributed by atoms with Gasteiger partial charge in [-0.15, -0.1) is 0 Å². The van der Waals surface area contributed by atoms with Crippen molar-refractivity contribution >= 4 is 5.97 Å². The van der Waals surface area contributed by atoms with Crippen molar-refractivity contribution in [2.45, 2.75) is 45.3 Å². The molecule has 0 unspecified atom stereocenters. The lowest BCUT2D eigenvalue weighted by Crippen LogP contribution is -2.47. The van der Waals surface area contributed by atoms with Crippen LogP contribution < -0.4 is 5.73 Å². The summed E-state index contributed by atoms with van der Waals surface area (Å²) in [5.41, 5.74) is 4.98. The predicted molar refractivity (Wildman–Crippen MR) is 53.7 cm³/mol. The van der Waals surface area contributed by atoms with Gasteiger partial charge in [0.1, 0.15) is 6.04 Å². The lowest BCUT2D eigenvalue weighted by molar-refractivity contribution is -0.176. The Morgan fingerprint density at radius 1 is 1.38 bits per heavy atom. The van der Waals surface area contributed by atoms with Crippen molar-refractivity contribution < 1.29 is 22.7 Å². The first-order valence-corrected chi connectivity index (χ1v) is 5.33. The zero-order chi connectivity index (χ0) is 12.8. The average molecular weight is 241 g/mol. The Labute approximate surface area is 93.1 Å². The number of carbonyl (C=O) groups is 1. The first-order chi connectivity index (χ1) is 7.34. The van der Waals surface area contributed by atoms with E-state index in [4.69, 9.17) is 10.5 Å². The Balaban J connectivity index is 4.32. The minimum atomic E-state index is -4.57. The van der Waals surface area contributed by atoms with Gasteiger partial charge in [-0.1, -0.05) is 20.3 Å². The summed E-state index contributed by atoms with van der Waals surface area (Å²) in [6.07, 6.45) is -3.09. The van der Waals surface area contributed by atoms with E-state index in [9.17, 15) is 18.0 Å². The minimum absolute atomic E-state index is 0.0195. The van der Waals surface area contributed by atoms with Crippen molar-refractivity contribution in [3.05, 3.63) is 0 Å². The second-order valence-electron chi connectivity index (χ2n) is 3.60. The first-order valence-electron chi connectivity index (χ1n) is 5.33. The summed E-state index contributed by atoms with van der Waals surface area (Å²) in [5.74, 6) is -2.17. The molecule has 0 saturated carbocycles. The molecule has 0 bridgehead atoms. The number of rotatable bonds is 6. The molecule has 2 atom stereocenters. The van der Waals surface area contributed by atoms with Gasteiger partial charge in [-0.2, -0.15) is 13.2 Å². The molecule has 0 rings (SSSR count). The monoisotopic (exact) mass is 241 g/mol. The van der Waals surface area contributed by atoms with Crippen LogP contribution in [-0.4, -0.2) is 24.8 Å². The molecule has 0 heterocycles. The maximum absolute atomic E-state index is 12.3. The van der Waals surface area contributed by atoms with Crippen LogP contribution in [0.1, 0.15) is 33.1 Å². The molecule has 2 N–H and O–H groups in total. The largest absolute Gasteiger partial charge is 0.465 e. The van der Waals surface area contributed by atoms with Gasteiger partial charge < -0.3 is 10.5 Å². The molecule has 3 nitrogen and oxygen atoms in total. The Hall–Kier alpha value is -0.780. The third-order valence-electron chi connectivity index (χ3n) is 2.30. The zero-order valence-electron chi connectivity index (χ0n) is 9.51. The van der Waals surface area contributed by atoms with Crippen LogP contribution in [0.4, 0.5) is 13.2 Å². The van der Waals surface area contributed by atoms with Gasteiger partial charge in [-0.05, 0) is 12.8 Å². The van der Waals surface area contributed by atoms with Crippen LogP contribution in [0.25, 0.3) is 0 Å². The van der Waals surface area contributed by atoms with Crippen molar-refractivity contribution in [3.63, 3.8) is 0 Å². The summed E-state index contributed by atoms with van der Waals surface area (Å²) >= 11 is 0. The van der Waals surface area contributed by atoms with Crippen molar-refractivity contribution in [1.82, 2.24) is 0 Å². The fourth-order valence-electron chi connectivity index (χ4n) is 1.22. The quantitative estimate of drug-likeness (QED) is 0.573. The molecule has 0 aromatic rings. The van der Waals surface area contributed by atoms with Crippen LogP contribution in [0.3, 0.4) is 0 Å². The van der Waals surface area contributed by atoms with E-state index >= 15 is 0 Å². The maximum atomic E-state index is 12.3. The van der Waals surface area contributed by atoms with Gasteiger partial charge in [0.15, 0.2) is 0 Å². The topological polar surface area (TPSA) is 52.3 Å². The fourth-order valence-corrected chi connectivity index (χ4v) is 1.22. The number of esters is 1. The van der Waals surface area contributed by atoms with E-state index in [-0.39, 0.29) is 13.0 Å². The second kappa shape index (κ2) is 6.73. The second-order valence-corrected chi connectivity index (χ2v) is 3.60. The highest BCUT2D eigenvalue weighted by Crippen LogP contribution is 2.26. The first kappa shape index (κ1) is 15.2. The Morgan fingerprint density at radius 3 is 2.31 bits per heavy atom. The molecule has 0 aliphatic carbocycles. The highest BCUT2D eigenvalue weighted by Gasteiger charge is 2.44. The summed E-state index contributed by atoms with van der Waals surface area (Å²) in [6, 6.07) is -2.15. The fraction of sp³-hybridized carbons (Fsp3) is 0.900. The summed E-state index contributed by atoms with van der Waals surface area (Å²) in [4.78, 5) is 11.3. The van der Waals surface area contributed by atoms with E-state index in [1.165, 1.54) is 6.92 Å². The van der Waals surface area contributed by atoms with Gasteiger partial charge in [0, 0.05) is 0 Å². The summed E-state index contributed by atoms with van der Waals surface area (Å²) in [5, 5.41) is 0. The van der Waals surface area contributed by atoms with E-state index < -0.39 is 24.1 Å². The number of hydrogen-bond acceptors (Lipinski definition) is 3. The van der Waals surface area contributed by atoms with Gasteiger partial charge in [-0.25, -0.2) is 0 Å². The van der Waals surface area contributed by atoms with Crippen LogP contribution >= 0.6 is 0 Å². The van der Waals surface area contributed by atoms with E-state index in [0.29, 0.717) is 6.42 Å². The Bertz CT molecular complexity index is 219. The van der Waals surface area contributed by atoms with Gasteiger partial charge in [0.25, 0.3) is 0 Å². The number of hydrogen-bond donors (Lipinski definition) is 1. The summed E-state index contributed by atoms with van der Waals surface area (Å²) in [7, 11) is 0. The Morgan fingerprint density at radius 2 is 1.94 bits per heavy atom. The normalized spacial score (nSPS) is 15.6. The summed E-state index contributed by atoms with van der Waals surface area (Å²) in [6.45, 7) is 3.53. The smallest absolute Gasteiger partial charge is 0.404 e. The molecule has 0 aromatic heterocycles. The lowest BCUT2D eigenvalue weighted by atomic mass is 9.97. The third-order valence-corrected chi connectivity index (χ3v) is 2.30. The molecular weight excluding hydrogens is 223 g/mol. The molecule has 0 spiro atoms. The highest BCUT2D eigenvalue weighted by molar-refractivity contribution is 5.73. The Kier molecular flexibility index (Phi) is 6.40. The molecule has 0 fully saturated rings. The number of halogens is 3. The molecule has 16 heavy (non-hydrogen) atoms. The third kappa shape index (κ3) is 4.83. The van der Waals surface area contributed by atoms with Crippen molar-refractivity contribution in [2.24, 2.45) is 11.7 Å². The number of unbranched alkanes of at least 4 members (excludes halogenated alkanes) is 1. The van der Waals surface area contributed by atoms with Crippen molar-refractivity contribution in [3.8, 4) is 0 Å². The lowest BCUT2D eigenvalue weighted by Gasteiger charge is -2.23. The molecule has 6 heteroatoms. The van der Waals surface area contributed by atoms with Crippen molar-refractivity contribution in [2.75, 3.05) is 6.61 Å². The maximum Gasteiger partial charge on any atom is 0.404 e. The van der Waals surface area contributed by atoms with Crippen LogP contribution in [0.5, 0.6) is 0 Å². The molecule has 0 saturated heterocycles. The standard InChI is InChI=1S/C10H18F3NO2/c1-3-5-6-16-9(15)7(4-2)8(14)10(11,12)13/h7-8H,3-6,14H2,1-2H3/t7-,8-/m1/s1. The van der Waals surface area contributed by atoms with Crippen LogP contribution in [0.2, 0.25) is 0 Å². The number of carbonyl (C=O) groups excluding carboxylic acids is 1. The van der Waals surface area contributed by atoms with Gasteiger partial charge in [-0.3, -0.25) is 4.79 Å². The van der Waals surface area contributed by atoms with Gasteiger partial charge in [0.2, 0.25) is 0 Å². The SMILES string of the molecule is CCCCOC(=O)[C@H](CC)[C@@H](N)C(F)(F)F. The molecule has 0 aliphatic rings. The van der Waals surface area contributed by atoms with Crippen molar-refractivity contribution in [1.29, 1.82) is 0 Å². The molecular formula is C10H18F3NO2. The zero-order valence-corrected chi connectivity index (χ0v) is 9.51. The van der Waals surface area contributed by atoms with Gasteiger partial charge in [0.05, 0.1) is 12.5 Å². The highest BCUT2D eigenvalue weighted by atomic mass is 19.4. The van der Waals surface area contributed by atoms with Crippen LogP contribution in [-0.2, 0) is 9.53 Å². The van der Waals surface area contributed by atoms with Crippen LogP contribution in [0.15, 0.2) is 0 Å². The summed E-state index contributed by atoms with van der Waals surface area (Å²) < 4.78 is 41.6. The number of ether oxygens (including phenoxy) is 1. The molecule has 96 valence electrons. The molecule has 0 aromatic carbocycles. The molecule has 0 radical (unpaired) electrons. The number of nitrogens with two attached hydrogens (primary N) is 1. The van der Waals surface area contributed by atoms with E-state index in [1.54, 1.807) is 0 Å². The van der Waals surface area contributed by atoms with Crippen LogP contribution in [0, 0.1) is 5.92 Å². The van der Waals surface area contributed by atoms with E-state index in [1.807, 2.05) is 6.92 Å². The van der Waals surface area contributed by atoms with E-state index in [0.717, 1.165) is 6.42 Å². The van der Waals surface area contributed by atoms with Gasteiger partial charge >= 0.3 is 12.1 Å². The minimum Gasteiger partial charge on any atom is -0.465 e. The predicted octanol–water partition coefficient (Wildman–Crippen LogP) is 2.25. The average Bonchev–Trinajstić information content (AvgIpc) is 2.17. The molecule has 0 aliphatic heterocycles.